The zero-order chi connectivity index (χ0) is 11.1. The molecule has 0 saturated heterocycles. The standard InChI is InChI=1S/C8H3BrF3NS2/c9-4-1-2-14-6(4)7-13-5(3-15-7)8(10,11)12/h1-3H. The maximum atomic E-state index is 12.3. The zero-order valence-electron chi connectivity index (χ0n) is 7.01. The Balaban J connectivity index is 2.41. The second kappa shape index (κ2) is 3.88. The summed E-state index contributed by atoms with van der Waals surface area (Å²) in [7, 11) is 0. The van der Waals surface area contributed by atoms with Gasteiger partial charge < -0.3 is 0 Å². The lowest BCUT2D eigenvalue weighted by Gasteiger charge is -1.99. The Hall–Kier alpha value is -0.400. The Kier molecular flexibility index (Phi) is 2.87. The van der Waals surface area contributed by atoms with Crippen LogP contribution >= 0.6 is 38.6 Å². The van der Waals surface area contributed by atoms with E-state index in [4.69, 9.17) is 0 Å². The van der Waals surface area contributed by atoms with Gasteiger partial charge >= 0.3 is 6.18 Å². The molecule has 0 aliphatic rings. The Morgan fingerprint density at radius 3 is 2.47 bits per heavy atom. The summed E-state index contributed by atoms with van der Waals surface area (Å²) in [6, 6.07) is 1.79. The number of thiophene rings is 1. The maximum Gasteiger partial charge on any atom is 0.434 e. The first kappa shape index (κ1) is 11.1. The Labute approximate surface area is 99.7 Å². The van der Waals surface area contributed by atoms with Crippen molar-refractivity contribution in [2.45, 2.75) is 6.18 Å². The van der Waals surface area contributed by atoms with Crippen LogP contribution in [0, 0.1) is 0 Å². The molecule has 0 unspecified atom stereocenters. The molecule has 1 nitrogen and oxygen atoms in total. The quantitative estimate of drug-likeness (QED) is 0.746. The van der Waals surface area contributed by atoms with Gasteiger partial charge in [0.25, 0.3) is 0 Å². The average molecular weight is 314 g/mol. The van der Waals surface area contributed by atoms with E-state index < -0.39 is 11.9 Å². The van der Waals surface area contributed by atoms with Crippen molar-refractivity contribution < 1.29 is 13.2 Å². The highest BCUT2D eigenvalue weighted by molar-refractivity contribution is 9.10. The molecule has 0 saturated carbocycles. The predicted molar refractivity (Wildman–Crippen MR) is 58.1 cm³/mol. The van der Waals surface area contributed by atoms with Crippen molar-refractivity contribution in [3.8, 4) is 9.88 Å². The van der Waals surface area contributed by atoms with E-state index in [9.17, 15) is 13.2 Å². The third-order valence-electron chi connectivity index (χ3n) is 1.61. The number of thiazole rings is 1. The summed E-state index contributed by atoms with van der Waals surface area (Å²) < 4.78 is 37.6. The number of aromatic nitrogens is 1. The molecule has 0 amide bonds. The van der Waals surface area contributed by atoms with E-state index in [1.165, 1.54) is 11.3 Å². The summed E-state index contributed by atoms with van der Waals surface area (Å²) in [5.74, 6) is 0. The lowest BCUT2D eigenvalue weighted by molar-refractivity contribution is -0.140. The van der Waals surface area contributed by atoms with Crippen LogP contribution in [0.25, 0.3) is 9.88 Å². The van der Waals surface area contributed by atoms with E-state index in [0.717, 1.165) is 26.1 Å². The van der Waals surface area contributed by atoms with Crippen molar-refractivity contribution >= 4 is 38.6 Å². The Morgan fingerprint density at radius 1 is 1.27 bits per heavy atom. The molecule has 15 heavy (non-hydrogen) atoms. The number of halogens is 4. The number of alkyl halides is 3. The first-order valence-electron chi connectivity index (χ1n) is 3.74. The number of rotatable bonds is 1. The molecule has 0 radical (unpaired) electrons. The lowest BCUT2D eigenvalue weighted by atomic mass is 10.4. The number of hydrogen-bond donors (Lipinski definition) is 0. The van der Waals surface area contributed by atoms with Gasteiger partial charge in [0.1, 0.15) is 5.01 Å². The van der Waals surface area contributed by atoms with Crippen LogP contribution in [0.2, 0.25) is 0 Å². The van der Waals surface area contributed by atoms with E-state index in [1.54, 1.807) is 11.4 Å². The molecule has 0 spiro atoms. The van der Waals surface area contributed by atoms with Gasteiger partial charge in [0.05, 0.1) is 4.88 Å². The highest BCUT2D eigenvalue weighted by Gasteiger charge is 2.34. The van der Waals surface area contributed by atoms with E-state index >= 15 is 0 Å². The van der Waals surface area contributed by atoms with Gasteiger partial charge in [-0.2, -0.15) is 13.2 Å². The molecular formula is C8H3BrF3NS2. The van der Waals surface area contributed by atoms with Gasteiger partial charge in [-0.25, -0.2) is 4.98 Å². The molecule has 0 atom stereocenters. The van der Waals surface area contributed by atoms with Crippen molar-refractivity contribution in [2.24, 2.45) is 0 Å². The van der Waals surface area contributed by atoms with Gasteiger partial charge in [-0.1, -0.05) is 0 Å². The van der Waals surface area contributed by atoms with Gasteiger partial charge in [0.2, 0.25) is 0 Å². The molecule has 2 heterocycles. The van der Waals surface area contributed by atoms with Crippen LogP contribution in [-0.4, -0.2) is 4.98 Å². The third-order valence-corrected chi connectivity index (χ3v) is 4.44. The van der Waals surface area contributed by atoms with Crippen LogP contribution in [0.5, 0.6) is 0 Å². The van der Waals surface area contributed by atoms with Crippen molar-refractivity contribution in [2.75, 3.05) is 0 Å². The van der Waals surface area contributed by atoms with Crippen LogP contribution in [0.15, 0.2) is 21.3 Å². The fraction of sp³-hybridized carbons (Fsp3) is 0.125. The molecular weight excluding hydrogens is 311 g/mol. The van der Waals surface area contributed by atoms with Crippen molar-refractivity contribution in [3.05, 3.63) is 27.0 Å². The maximum absolute atomic E-state index is 12.3. The molecule has 7 heteroatoms. The summed E-state index contributed by atoms with van der Waals surface area (Å²) in [5, 5.41) is 3.22. The van der Waals surface area contributed by atoms with Crippen molar-refractivity contribution in [1.29, 1.82) is 0 Å². The molecule has 0 bridgehead atoms. The van der Waals surface area contributed by atoms with Crippen molar-refractivity contribution in [3.63, 3.8) is 0 Å². The first-order chi connectivity index (χ1) is 6.98. The Morgan fingerprint density at radius 2 is 2.00 bits per heavy atom. The average Bonchev–Trinajstić information content (AvgIpc) is 2.69. The minimum atomic E-state index is -4.36. The second-order valence-electron chi connectivity index (χ2n) is 2.63. The highest BCUT2D eigenvalue weighted by atomic mass is 79.9. The van der Waals surface area contributed by atoms with Crippen LogP contribution in [-0.2, 0) is 6.18 Å². The SMILES string of the molecule is FC(F)(F)c1csc(-c2sccc2Br)n1. The zero-order valence-corrected chi connectivity index (χ0v) is 10.2. The molecule has 0 N–H and O–H groups in total. The van der Waals surface area contributed by atoms with Gasteiger partial charge in [0, 0.05) is 9.85 Å². The third kappa shape index (κ3) is 2.24. The molecule has 0 aromatic carbocycles. The van der Waals surface area contributed by atoms with Crippen LogP contribution < -0.4 is 0 Å². The minimum absolute atomic E-state index is 0.393. The highest BCUT2D eigenvalue weighted by Crippen LogP contribution is 2.38. The monoisotopic (exact) mass is 313 g/mol. The summed E-state index contributed by atoms with van der Waals surface area (Å²) in [6.07, 6.45) is -4.36. The van der Waals surface area contributed by atoms with Crippen LogP contribution in [0.3, 0.4) is 0 Å². The number of nitrogens with zero attached hydrogens (tertiary/aromatic N) is 1. The summed E-state index contributed by atoms with van der Waals surface area (Å²) in [5.41, 5.74) is -0.831. The summed E-state index contributed by atoms with van der Waals surface area (Å²) in [6.45, 7) is 0. The second-order valence-corrected chi connectivity index (χ2v) is 5.26. The van der Waals surface area contributed by atoms with Gasteiger partial charge in [0.15, 0.2) is 5.69 Å². The van der Waals surface area contributed by atoms with Crippen LogP contribution in [0.1, 0.15) is 5.69 Å². The largest absolute Gasteiger partial charge is 0.434 e. The molecule has 2 aromatic rings. The summed E-state index contributed by atoms with van der Waals surface area (Å²) in [4.78, 5) is 4.29. The van der Waals surface area contributed by atoms with Gasteiger partial charge in [-0.3, -0.25) is 0 Å². The molecule has 0 aliphatic carbocycles. The van der Waals surface area contributed by atoms with Crippen molar-refractivity contribution in [1.82, 2.24) is 4.98 Å². The smallest absolute Gasteiger partial charge is 0.231 e. The Bertz CT molecular complexity index is 474. The van der Waals surface area contributed by atoms with E-state index in [2.05, 4.69) is 20.9 Å². The normalized spacial score (nSPS) is 12.0. The molecule has 0 fully saturated rings. The minimum Gasteiger partial charge on any atom is -0.231 e. The topological polar surface area (TPSA) is 12.9 Å². The van der Waals surface area contributed by atoms with Crippen LogP contribution in [0.4, 0.5) is 13.2 Å². The molecule has 80 valence electrons. The molecule has 2 aromatic heterocycles. The van der Waals surface area contributed by atoms with Gasteiger partial charge in [-0.15, -0.1) is 22.7 Å². The van der Waals surface area contributed by atoms with Gasteiger partial charge in [-0.05, 0) is 27.4 Å². The summed E-state index contributed by atoms with van der Waals surface area (Å²) >= 11 is 5.62. The van der Waals surface area contributed by atoms with E-state index in [1.807, 2.05) is 0 Å². The van der Waals surface area contributed by atoms with E-state index in [-0.39, 0.29) is 0 Å². The fourth-order valence-corrected chi connectivity index (χ4v) is 3.59. The lowest BCUT2D eigenvalue weighted by Crippen LogP contribution is -2.04. The molecule has 2 rings (SSSR count). The number of hydrogen-bond acceptors (Lipinski definition) is 3. The molecule has 0 aliphatic heterocycles. The van der Waals surface area contributed by atoms with E-state index in [0.29, 0.717) is 5.01 Å². The first-order valence-corrected chi connectivity index (χ1v) is 6.30. The fourth-order valence-electron chi connectivity index (χ4n) is 0.955. The predicted octanol–water partition coefficient (Wildman–Crippen LogP) is 4.65.